The fourth-order valence-electron chi connectivity index (χ4n) is 3.49. The minimum absolute atomic E-state index is 0.210. The quantitative estimate of drug-likeness (QED) is 0.314. The summed E-state index contributed by atoms with van der Waals surface area (Å²) in [6, 6.07) is 8.60. The zero-order chi connectivity index (χ0) is 25.0. The van der Waals surface area contributed by atoms with Gasteiger partial charge in [0.1, 0.15) is 11.2 Å². The molecule has 0 saturated carbocycles. The molecule has 11 heteroatoms. The normalized spacial score (nSPS) is 12.6. The summed E-state index contributed by atoms with van der Waals surface area (Å²) in [5.41, 5.74) is 1.01. The number of fused-ring (bicyclic) bond motifs is 1. The third-order valence-electron chi connectivity index (χ3n) is 5.61. The molecule has 1 unspecified atom stereocenters. The number of methoxy groups -OCH3 is 1. The van der Waals surface area contributed by atoms with Crippen molar-refractivity contribution >= 4 is 17.0 Å². The topological polar surface area (TPSA) is 109 Å². The Labute approximate surface area is 201 Å². The standard InChI is InChI=1S/C24H27F2N7O2/c1-24(2,34)16(10-25)12-28-11-15-9-20-23(30-18-7-8-27-13-17(18)26)31-22(32-33(20)14-15)19-5-4-6-21(29-19)35-3/h4-9,13-14,16,28,34H,10-12H2,1-3H3,(H,27,30,31,32). The van der Waals surface area contributed by atoms with Crippen molar-refractivity contribution in [2.24, 2.45) is 5.92 Å². The molecular formula is C24H27F2N7O2. The minimum Gasteiger partial charge on any atom is -0.481 e. The Morgan fingerprint density at radius 3 is 2.77 bits per heavy atom. The molecule has 184 valence electrons. The molecule has 4 aromatic rings. The van der Waals surface area contributed by atoms with Gasteiger partial charge in [0, 0.05) is 37.5 Å². The summed E-state index contributed by atoms with van der Waals surface area (Å²) >= 11 is 0. The molecule has 4 rings (SSSR count). The third-order valence-corrected chi connectivity index (χ3v) is 5.61. The van der Waals surface area contributed by atoms with E-state index in [0.29, 0.717) is 41.8 Å². The highest BCUT2D eigenvalue weighted by atomic mass is 19.1. The maximum atomic E-state index is 14.3. The van der Waals surface area contributed by atoms with Crippen LogP contribution in [0.5, 0.6) is 5.88 Å². The van der Waals surface area contributed by atoms with Crippen LogP contribution in [-0.2, 0) is 6.54 Å². The smallest absolute Gasteiger partial charge is 0.213 e. The van der Waals surface area contributed by atoms with Crippen LogP contribution in [0.3, 0.4) is 0 Å². The molecule has 0 aliphatic rings. The molecule has 0 aliphatic heterocycles. The predicted octanol–water partition coefficient (Wildman–Crippen LogP) is 3.52. The molecule has 3 N–H and O–H groups in total. The van der Waals surface area contributed by atoms with Crippen LogP contribution < -0.4 is 15.4 Å². The second-order valence-electron chi connectivity index (χ2n) is 8.64. The molecule has 4 heterocycles. The van der Waals surface area contributed by atoms with Gasteiger partial charge in [-0.15, -0.1) is 5.10 Å². The summed E-state index contributed by atoms with van der Waals surface area (Å²) in [5.74, 6) is 0.0178. The van der Waals surface area contributed by atoms with Crippen molar-refractivity contribution in [2.45, 2.75) is 26.0 Å². The Kier molecular flexibility index (Phi) is 7.17. The number of pyridine rings is 2. The fourth-order valence-corrected chi connectivity index (χ4v) is 3.49. The lowest BCUT2D eigenvalue weighted by atomic mass is 9.92. The molecule has 0 aromatic carbocycles. The number of hydrogen-bond acceptors (Lipinski definition) is 8. The van der Waals surface area contributed by atoms with Gasteiger partial charge in [0.2, 0.25) is 11.7 Å². The van der Waals surface area contributed by atoms with Gasteiger partial charge in [-0.2, -0.15) is 0 Å². The van der Waals surface area contributed by atoms with Crippen LogP contribution in [0.4, 0.5) is 20.3 Å². The lowest BCUT2D eigenvalue weighted by molar-refractivity contribution is 0.00669. The molecule has 0 bridgehead atoms. The van der Waals surface area contributed by atoms with E-state index in [0.717, 1.165) is 11.8 Å². The number of nitrogens with zero attached hydrogens (tertiary/aromatic N) is 5. The summed E-state index contributed by atoms with van der Waals surface area (Å²) in [6.45, 7) is 3.25. The van der Waals surface area contributed by atoms with Crippen LogP contribution in [0.1, 0.15) is 19.4 Å². The Morgan fingerprint density at radius 1 is 1.23 bits per heavy atom. The van der Waals surface area contributed by atoms with Crippen molar-refractivity contribution in [2.75, 3.05) is 25.6 Å². The largest absolute Gasteiger partial charge is 0.481 e. The average Bonchev–Trinajstić information content (AvgIpc) is 3.25. The summed E-state index contributed by atoms with van der Waals surface area (Å²) in [7, 11) is 1.52. The third kappa shape index (κ3) is 5.69. The number of rotatable bonds is 10. The second-order valence-corrected chi connectivity index (χ2v) is 8.64. The van der Waals surface area contributed by atoms with E-state index in [1.165, 1.54) is 19.4 Å². The zero-order valence-electron chi connectivity index (χ0n) is 19.7. The first kappa shape index (κ1) is 24.4. The van der Waals surface area contributed by atoms with Crippen molar-refractivity contribution in [1.82, 2.24) is 29.9 Å². The Hall–Kier alpha value is -3.70. The molecule has 0 radical (unpaired) electrons. The first-order chi connectivity index (χ1) is 16.8. The van der Waals surface area contributed by atoms with Gasteiger partial charge in [-0.1, -0.05) is 6.07 Å². The fraction of sp³-hybridized carbons (Fsp3) is 0.333. The minimum atomic E-state index is -1.14. The first-order valence-corrected chi connectivity index (χ1v) is 11.0. The van der Waals surface area contributed by atoms with Crippen LogP contribution in [0.25, 0.3) is 17.0 Å². The lowest BCUT2D eigenvalue weighted by Gasteiger charge is -2.27. The number of aliphatic hydroxyl groups is 1. The van der Waals surface area contributed by atoms with Gasteiger partial charge < -0.3 is 20.5 Å². The maximum absolute atomic E-state index is 14.3. The Bertz CT molecular complexity index is 1310. The SMILES string of the molecule is COc1cccc(-c2nc(Nc3ccncc3F)c3cc(CNCC(CF)C(C)(C)O)cn3n2)n1. The van der Waals surface area contributed by atoms with Crippen LogP contribution >= 0.6 is 0 Å². The molecule has 9 nitrogen and oxygen atoms in total. The maximum Gasteiger partial charge on any atom is 0.213 e. The number of ether oxygens (including phenoxy) is 1. The van der Waals surface area contributed by atoms with E-state index in [2.05, 4.69) is 30.7 Å². The Morgan fingerprint density at radius 2 is 2.06 bits per heavy atom. The van der Waals surface area contributed by atoms with Gasteiger partial charge in [0.05, 0.1) is 31.3 Å². The van der Waals surface area contributed by atoms with Crippen LogP contribution in [0, 0.1) is 11.7 Å². The molecule has 1 atom stereocenters. The first-order valence-electron chi connectivity index (χ1n) is 11.0. The van der Waals surface area contributed by atoms with E-state index < -0.39 is 24.0 Å². The van der Waals surface area contributed by atoms with E-state index >= 15 is 0 Å². The summed E-state index contributed by atoms with van der Waals surface area (Å²) in [5, 5.41) is 20.9. The molecule has 4 aromatic heterocycles. The van der Waals surface area contributed by atoms with E-state index in [-0.39, 0.29) is 5.69 Å². The van der Waals surface area contributed by atoms with Gasteiger partial charge in [0.25, 0.3) is 0 Å². The van der Waals surface area contributed by atoms with Gasteiger partial charge in [0.15, 0.2) is 11.6 Å². The predicted molar refractivity (Wildman–Crippen MR) is 128 cm³/mol. The highest BCUT2D eigenvalue weighted by Crippen LogP contribution is 2.26. The monoisotopic (exact) mass is 483 g/mol. The molecule has 35 heavy (non-hydrogen) atoms. The molecule has 0 saturated heterocycles. The van der Waals surface area contributed by atoms with Gasteiger partial charge >= 0.3 is 0 Å². The number of nitrogens with one attached hydrogen (secondary N) is 2. The van der Waals surface area contributed by atoms with Crippen molar-refractivity contribution in [3.8, 4) is 17.4 Å². The van der Waals surface area contributed by atoms with Crippen molar-refractivity contribution in [1.29, 1.82) is 0 Å². The lowest BCUT2D eigenvalue weighted by Crippen LogP contribution is -2.39. The van der Waals surface area contributed by atoms with Crippen LogP contribution in [0.2, 0.25) is 0 Å². The zero-order valence-corrected chi connectivity index (χ0v) is 19.7. The molecule has 0 amide bonds. The van der Waals surface area contributed by atoms with E-state index in [1.54, 1.807) is 42.8 Å². The average molecular weight is 484 g/mol. The summed E-state index contributed by atoms with van der Waals surface area (Å²) < 4.78 is 34.5. The number of anilines is 2. The number of aromatic nitrogens is 5. The molecular weight excluding hydrogens is 456 g/mol. The van der Waals surface area contributed by atoms with Gasteiger partial charge in [-0.3, -0.25) is 9.37 Å². The van der Waals surface area contributed by atoms with E-state index in [1.807, 2.05) is 6.07 Å². The summed E-state index contributed by atoms with van der Waals surface area (Å²) in [6.07, 6.45) is 4.39. The van der Waals surface area contributed by atoms with Gasteiger partial charge in [-0.25, -0.2) is 18.9 Å². The molecule has 0 aliphatic carbocycles. The summed E-state index contributed by atoms with van der Waals surface area (Å²) in [4.78, 5) is 12.8. The second kappa shape index (κ2) is 10.3. The number of hydrogen-bond donors (Lipinski definition) is 3. The van der Waals surface area contributed by atoms with Crippen molar-refractivity contribution in [3.63, 3.8) is 0 Å². The number of halogens is 2. The Balaban J connectivity index is 1.68. The van der Waals surface area contributed by atoms with Crippen molar-refractivity contribution in [3.05, 3.63) is 60.3 Å². The van der Waals surface area contributed by atoms with E-state index in [9.17, 15) is 13.9 Å². The van der Waals surface area contributed by atoms with Crippen molar-refractivity contribution < 1.29 is 18.6 Å². The van der Waals surface area contributed by atoms with Crippen LogP contribution in [0.15, 0.2) is 48.9 Å². The van der Waals surface area contributed by atoms with E-state index in [4.69, 9.17) is 4.74 Å². The van der Waals surface area contributed by atoms with Crippen LogP contribution in [-0.4, -0.2) is 55.6 Å². The van der Waals surface area contributed by atoms with Gasteiger partial charge in [-0.05, 0) is 37.6 Å². The molecule has 0 spiro atoms. The number of alkyl halides is 1. The molecule has 0 fully saturated rings. The highest BCUT2D eigenvalue weighted by Gasteiger charge is 2.26. The highest BCUT2D eigenvalue weighted by molar-refractivity contribution is 5.75.